The average molecular weight is 227 g/mol. The third-order valence-electron chi connectivity index (χ3n) is 2.82. The van der Waals surface area contributed by atoms with Crippen molar-refractivity contribution in [2.45, 2.75) is 24.9 Å². The van der Waals surface area contributed by atoms with Crippen molar-refractivity contribution < 1.29 is 18.7 Å². The summed E-state index contributed by atoms with van der Waals surface area (Å²) in [5.41, 5.74) is -1.09. The Hall–Kier alpha value is -1.49. The van der Waals surface area contributed by atoms with Crippen LogP contribution in [-0.4, -0.2) is 16.6 Å². The molecule has 2 N–H and O–H groups in total. The molecular formula is C11H11F2NO2. The third kappa shape index (κ3) is 1.90. The topological polar surface area (TPSA) is 49.3 Å². The van der Waals surface area contributed by atoms with Crippen LogP contribution in [0.15, 0.2) is 18.2 Å². The number of carboxylic acid groups (broad SMARTS) is 1. The summed E-state index contributed by atoms with van der Waals surface area (Å²) >= 11 is 0. The fourth-order valence-corrected chi connectivity index (χ4v) is 1.55. The molecule has 0 bridgehead atoms. The minimum absolute atomic E-state index is 0.106. The van der Waals surface area contributed by atoms with E-state index in [2.05, 4.69) is 5.32 Å². The molecule has 1 aromatic rings. The van der Waals surface area contributed by atoms with Gasteiger partial charge in [-0.05, 0) is 25.0 Å². The van der Waals surface area contributed by atoms with Crippen molar-refractivity contribution in [3.8, 4) is 0 Å². The van der Waals surface area contributed by atoms with Crippen LogP contribution in [0.3, 0.4) is 0 Å². The first-order valence-electron chi connectivity index (χ1n) is 4.96. The van der Waals surface area contributed by atoms with Crippen LogP contribution in [0.4, 0.5) is 8.78 Å². The highest BCUT2D eigenvalue weighted by molar-refractivity contribution is 5.82. The Balaban J connectivity index is 2.08. The van der Waals surface area contributed by atoms with Gasteiger partial charge in [-0.15, -0.1) is 0 Å². The highest BCUT2D eigenvalue weighted by Crippen LogP contribution is 2.36. The van der Waals surface area contributed by atoms with Crippen molar-refractivity contribution in [3.63, 3.8) is 0 Å². The van der Waals surface area contributed by atoms with E-state index in [0.717, 1.165) is 12.1 Å². The van der Waals surface area contributed by atoms with Crippen LogP contribution >= 0.6 is 0 Å². The predicted molar refractivity (Wildman–Crippen MR) is 52.8 cm³/mol. The molecule has 1 aromatic carbocycles. The van der Waals surface area contributed by atoms with Crippen LogP contribution in [0.1, 0.15) is 18.4 Å². The van der Waals surface area contributed by atoms with Gasteiger partial charge in [0.15, 0.2) is 0 Å². The normalized spacial score (nSPS) is 17.1. The summed E-state index contributed by atoms with van der Waals surface area (Å²) in [5, 5.41) is 11.6. The van der Waals surface area contributed by atoms with Crippen LogP contribution in [0, 0.1) is 11.6 Å². The molecule has 0 unspecified atom stereocenters. The van der Waals surface area contributed by atoms with Crippen molar-refractivity contribution in [1.29, 1.82) is 0 Å². The molecule has 2 rings (SSSR count). The summed E-state index contributed by atoms with van der Waals surface area (Å²) in [6.07, 6.45) is 0.997. The molecule has 0 heterocycles. The smallest absolute Gasteiger partial charge is 0.323 e. The van der Waals surface area contributed by atoms with Gasteiger partial charge in [-0.25, -0.2) is 8.78 Å². The van der Waals surface area contributed by atoms with Crippen LogP contribution < -0.4 is 5.32 Å². The van der Waals surface area contributed by atoms with E-state index in [-0.39, 0.29) is 12.1 Å². The Kier molecular flexibility index (Phi) is 2.63. The van der Waals surface area contributed by atoms with Crippen LogP contribution in [0.5, 0.6) is 0 Å². The zero-order valence-corrected chi connectivity index (χ0v) is 8.46. The van der Waals surface area contributed by atoms with Gasteiger partial charge in [0, 0.05) is 12.1 Å². The standard InChI is InChI=1S/C11H11F2NO2/c12-8-2-1-3-9(13)7(8)6-14-11(4-5-11)10(15)16/h1-3,14H,4-6H2,(H,15,16). The number of nitrogens with one attached hydrogen (secondary N) is 1. The van der Waals surface area contributed by atoms with Gasteiger partial charge in [-0.2, -0.15) is 0 Å². The summed E-state index contributed by atoms with van der Waals surface area (Å²) in [6.45, 7) is -0.106. The van der Waals surface area contributed by atoms with Gasteiger partial charge in [-0.1, -0.05) is 6.07 Å². The van der Waals surface area contributed by atoms with Crippen molar-refractivity contribution >= 4 is 5.97 Å². The van der Waals surface area contributed by atoms with Crippen LogP contribution in [-0.2, 0) is 11.3 Å². The van der Waals surface area contributed by atoms with E-state index in [1.54, 1.807) is 0 Å². The van der Waals surface area contributed by atoms with E-state index in [4.69, 9.17) is 5.11 Å². The van der Waals surface area contributed by atoms with Gasteiger partial charge < -0.3 is 5.11 Å². The maximum Gasteiger partial charge on any atom is 0.323 e. The second-order valence-electron chi connectivity index (χ2n) is 3.94. The molecule has 16 heavy (non-hydrogen) atoms. The first-order chi connectivity index (χ1) is 7.55. The second kappa shape index (κ2) is 3.83. The molecule has 3 nitrogen and oxygen atoms in total. The number of aliphatic carboxylic acids is 1. The van der Waals surface area contributed by atoms with E-state index >= 15 is 0 Å². The minimum atomic E-state index is -0.977. The van der Waals surface area contributed by atoms with Crippen molar-refractivity contribution in [1.82, 2.24) is 5.32 Å². The molecule has 1 aliphatic rings. The van der Waals surface area contributed by atoms with E-state index in [9.17, 15) is 13.6 Å². The summed E-state index contributed by atoms with van der Waals surface area (Å²) < 4.78 is 26.4. The van der Waals surface area contributed by atoms with Gasteiger partial charge >= 0.3 is 5.97 Å². The molecule has 0 aliphatic heterocycles. The molecule has 0 atom stereocenters. The van der Waals surface area contributed by atoms with Crippen LogP contribution in [0.25, 0.3) is 0 Å². The van der Waals surface area contributed by atoms with Crippen molar-refractivity contribution in [2.24, 2.45) is 0 Å². The number of halogens is 2. The second-order valence-corrected chi connectivity index (χ2v) is 3.94. The molecule has 1 aliphatic carbocycles. The first kappa shape index (κ1) is 11.0. The van der Waals surface area contributed by atoms with Crippen molar-refractivity contribution in [2.75, 3.05) is 0 Å². The Labute approximate surface area is 91.1 Å². The Morgan fingerprint density at radius 1 is 1.38 bits per heavy atom. The van der Waals surface area contributed by atoms with Gasteiger partial charge in [0.2, 0.25) is 0 Å². The average Bonchev–Trinajstić information content (AvgIpc) is 2.98. The fourth-order valence-electron chi connectivity index (χ4n) is 1.55. The number of carbonyl (C=O) groups is 1. The largest absolute Gasteiger partial charge is 0.480 e. The van der Waals surface area contributed by atoms with Gasteiger partial charge in [-0.3, -0.25) is 10.1 Å². The van der Waals surface area contributed by atoms with Crippen LogP contribution in [0.2, 0.25) is 0 Å². The molecule has 0 aromatic heterocycles. The molecule has 86 valence electrons. The number of benzene rings is 1. The lowest BCUT2D eigenvalue weighted by Gasteiger charge is -2.13. The molecule has 5 heteroatoms. The lowest BCUT2D eigenvalue weighted by molar-refractivity contribution is -0.140. The molecule has 1 fully saturated rings. The summed E-state index contributed by atoms with van der Waals surface area (Å²) in [6, 6.07) is 3.58. The molecule has 0 spiro atoms. The van der Waals surface area contributed by atoms with E-state index in [0.29, 0.717) is 12.8 Å². The Bertz CT molecular complexity index is 410. The zero-order chi connectivity index (χ0) is 11.8. The number of carboxylic acids is 1. The number of hydrogen-bond donors (Lipinski definition) is 2. The molecule has 1 saturated carbocycles. The van der Waals surface area contributed by atoms with Gasteiger partial charge in [0.05, 0.1) is 0 Å². The third-order valence-corrected chi connectivity index (χ3v) is 2.82. The summed E-state index contributed by atoms with van der Waals surface area (Å²) in [7, 11) is 0. The van der Waals surface area contributed by atoms with Gasteiger partial charge in [0.1, 0.15) is 17.2 Å². The van der Waals surface area contributed by atoms with E-state index in [1.165, 1.54) is 6.07 Å². The quantitative estimate of drug-likeness (QED) is 0.822. The molecular weight excluding hydrogens is 216 g/mol. The Morgan fingerprint density at radius 3 is 2.38 bits per heavy atom. The maximum atomic E-state index is 13.2. The SMILES string of the molecule is O=C(O)C1(NCc2c(F)cccc2F)CC1. The lowest BCUT2D eigenvalue weighted by Crippen LogP contribution is -2.38. The van der Waals surface area contributed by atoms with Gasteiger partial charge in [0.25, 0.3) is 0 Å². The predicted octanol–water partition coefficient (Wildman–Crippen LogP) is 1.67. The van der Waals surface area contributed by atoms with E-state index < -0.39 is 23.1 Å². The monoisotopic (exact) mass is 227 g/mol. The van der Waals surface area contributed by atoms with E-state index in [1.807, 2.05) is 0 Å². The summed E-state index contributed by atoms with van der Waals surface area (Å²) in [4.78, 5) is 10.8. The molecule has 0 amide bonds. The number of rotatable bonds is 4. The highest BCUT2D eigenvalue weighted by atomic mass is 19.1. The van der Waals surface area contributed by atoms with Crippen molar-refractivity contribution in [3.05, 3.63) is 35.4 Å². The first-order valence-corrected chi connectivity index (χ1v) is 4.96. The summed E-state index contributed by atoms with van der Waals surface area (Å²) in [5.74, 6) is -2.29. The number of hydrogen-bond acceptors (Lipinski definition) is 2. The maximum absolute atomic E-state index is 13.2. The minimum Gasteiger partial charge on any atom is -0.480 e. The lowest BCUT2D eigenvalue weighted by atomic mass is 10.1. The highest BCUT2D eigenvalue weighted by Gasteiger charge is 2.49. The molecule has 0 saturated heterocycles. The Morgan fingerprint density at radius 2 is 1.94 bits per heavy atom. The fraction of sp³-hybridized carbons (Fsp3) is 0.364. The zero-order valence-electron chi connectivity index (χ0n) is 8.46. The molecule has 0 radical (unpaired) electrons.